The van der Waals surface area contributed by atoms with Crippen molar-refractivity contribution in [3.63, 3.8) is 0 Å². The van der Waals surface area contributed by atoms with E-state index in [2.05, 4.69) is 5.32 Å². The van der Waals surface area contributed by atoms with Gasteiger partial charge in [-0.25, -0.2) is 0 Å². The van der Waals surface area contributed by atoms with E-state index in [0.717, 1.165) is 11.1 Å². The molecule has 1 N–H and O–H groups in total. The minimum Gasteiger partial charge on any atom is -0.619 e. The van der Waals surface area contributed by atoms with Gasteiger partial charge in [-0.15, -0.1) is 0 Å². The maximum absolute atomic E-state index is 12.5. The Balaban J connectivity index is 1.93. The Kier molecular flexibility index (Phi) is 4.77. The molecule has 1 atom stereocenters. The predicted octanol–water partition coefficient (Wildman–Crippen LogP) is 3.49. The Morgan fingerprint density at radius 1 is 0.958 bits per heavy atom. The third-order valence-electron chi connectivity index (χ3n) is 3.65. The van der Waals surface area contributed by atoms with Crippen molar-refractivity contribution < 1.29 is 9.52 Å². The quantitative estimate of drug-likeness (QED) is 0.584. The van der Waals surface area contributed by atoms with Crippen molar-refractivity contribution >= 4 is 17.5 Å². The Hall–Kier alpha value is -2.85. The average Bonchev–Trinajstić information content (AvgIpc) is 2.61. The molecule has 0 bridgehead atoms. The maximum atomic E-state index is 12.5. The van der Waals surface area contributed by atoms with Crippen LogP contribution in [0.25, 0.3) is 0 Å². The highest BCUT2D eigenvalue weighted by atomic mass is 35.5. The second-order valence-electron chi connectivity index (χ2n) is 5.32. The lowest BCUT2D eigenvalue weighted by molar-refractivity contribution is -0.605. The lowest BCUT2D eigenvalue weighted by atomic mass is 9.98. The van der Waals surface area contributed by atoms with Crippen LogP contribution in [0.4, 0.5) is 0 Å². The van der Waals surface area contributed by atoms with Crippen LogP contribution in [-0.4, -0.2) is 5.91 Å². The van der Waals surface area contributed by atoms with Crippen LogP contribution in [0.3, 0.4) is 0 Å². The summed E-state index contributed by atoms with van der Waals surface area (Å²) in [6.45, 7) is 0. The van der Waals surface area contributed by atoms with Gasteiger partial charge in [-0.3, -0.25) is 4.79 Å². The smallest absolute Gasteiger partial charge is 0.258 e. The van der Waals surface area contributed by atoms with E-state index in [9.17, 15) is 10.0 Å². The standard InChI is InChI=1S/C19H15ClN2O2/c20-17-10-8-15(9-11-17)18(14-5-2-1-3-6-14)21-19(23)16-7-4-12-22(24)13-16/h1-13,18H,(H,21,23)/t18-/m1/s1. The molecule has 0 radical (unpaired) electrons. The van der Waals surface area contributed by atoms with Gasteiger partial charge >= 0.3 is 0 Å². The molecule has 0 unspecified atom stereocenters. The topological polar surface area (TPSA) is 56.0 Å². The van der Waals surface area contributed by atoms with Crippen molar-refractivity contribution in [1.29, 1.82) is 0 Å². The number of halogens is 1. The Morgan fingerprint density at radius 3 is 2.29 bits per heavy atom. The fraction of sp³-hybridized carbons (Fsp3) is 0.0526. The van der Waals surface area contributed by atoms with Crippen LogP contribution in [0.15, 0.2) is 79.1 Å². The maximum Gasteiger partial charge on any atom is 0.258 e. The van der Waals surface area contributed by atoms with Crippen molar-refractivity contribution in [1.82, 2.24) is 5.32 Å². The molecule has 0 saturated heterocycles. The number of carbonyl (C=O) groups is 1. The molecule has 5 heteroatoms. The summed E-state index contributed by atoms with van der Waals surface area (Å²) in [6.07, 6.45) is 2.59. The Labute approximate surface area is 144 Å². The first-order chi connectivity index (χ1) is 11.6. The lowest BCUT2D eigenvalue weighted by Gasteiger charge is -2.20. The van der Waals surface area contributed by atoms with Gasteiger partial charge in [0, 0.05) is 11.1 Å². The average molecular weight is 339 g/mol. The van der Waals surface area contributed by atoms with E-state index in [1.54, 1.807) is 24.3 Å². The van der Waals surface area contributed by atoms with E-state index in [1.807, 2.05) is 42.5 Å². The highest BCUT2D eigenvalue weighted by molar-refractivity contribution is 6.30. The number of aromatic nitrogens is 1. The first kappa shape index (κ1) is 16.0. The number of pyridine rings is 1. The number of nitrogens with one attached hydrogen (secondary N) is 1. The fourth-order valence-electron chi connectivity index (χ4n) is 2.46. The molecule has 4 nitrogen and oxygen atoms in total. The van der Waals surface area contributed by atoms with E-state index in [-0.39, 0.29) is 11.9 Å². The highest BCUT2D eigenvalue weighted by Crippen LogP contribution is 2.24. The molecule has 0 fully saturated rings. The molecule has 0 aliphatic rings. The summed E-state index contributed by atoms with van der Waals surface area (Å²) in [4.78, 5) is 12.5. The zero-order valence-corrected chi connectivity index (χ0v) is 13.5. The molecular formula is C19H15ClN2O2. The zero-order valence-electron chi connectivity index (χ0n) is 12.7. The third-order valence-corrected chi connectivity index (χ3v) is 3.90. The van der Waals surface area contributed by atoms with Crippen molar-refractivity contribution in [3.8, 4) is 0 Å². The van der Waals surface area contributed by atoms with Gasteiger partial charge in [-0.1, -0.05) is 54.1 Å². The molecule has 3 rings (SSSR count). The molecule has 0 aliphatic heterocycles. The van der Waals surface area contributed by atoms with Crippen LogP contribution in [0.1, 0.15) is 27.5 Å². The second kappa shape index (κ2) is 7.15. The van der Waals surface area contributed by atoms with Crippen LogP contribution in [0.5, 0.6) is 0 Å². The zero-order chi connectivity index (χ0) is 16.9. The normalized spacial score (nSPS) is 11.7. The number of amides is 1. The first-order valence-corrected chi connectivity index (χ1v) is 7.81. The number of hydrogen-bond donors (Lipinski definition) is 1. The molecule has 24 heavy (non-hydrogen) atoms. The highest BCUT2D eigenvalue weighted by Gasteiger charge is 2.18. The van der Waals surface area contributed by atoms with Crippen molar-refractivity contribution in [2.45, 2.75) is 6.04 Å². The van der Waals surface area contributed by atoms with E-state index < -0.39 is 0 Å². The molecule has 3 aromatic rings. The Bertz CT molecular complexity index is 836. The molecular weight excluding hydrogens is 324 g/mol. The number of benzene rings is 2. The summed E-state index contributed by atoms with van der Waals surface area (Å²) in [7, 11) is 0. The first-order valence-electron chi connectivity index (χ1n) is 7.43. The molecule has 0 aliphatic carbocycles. The summed E-state index contributed by atoms with van der Waals surface area (Å²) in [6, 6.07) is 19.8. The van der Waals surface area contributed by atoms with Gasteiger partial charge in [0.05, 0.1) is 6.04 Å². The molecule has 120 valence electrons. The predicted molar refractivity (Wildman–Crippen MR) is 92.6 cm³/mol. The van der Waals surface area contributed by atoms with Gasteiger partial charge in [-0.2, -0.15) is 4.73 Å². The van der Waals surface area contributed by atoms with E-state index >= 15 is 0 Å². The minimum absolute atomic E-state index is 0.308. The van der Waals surface area contributed by atoms with E-state index in [4.69, 9.17) is 11.6 Å². The van der Waals surface area contributed by atoms with Crippen molar-refractivity contribution in [2.75, 3.05) is 0 Å². The van der Waals surface area contributed by atoms with Crippen molar-refractivity contribution in [2.24, 2.45) is 0 Å². The summed E-state index contributed by atoms with van der Waals surface area (Å²) in [5.74, 6) is -0.316. The van der Waals surface area contributed by atoms with Crippen LogP contribution >= 0.6 is 11.6 Å². The number of carbonyl (C=O) groups excluding carboxylic acids is 1. The molecule has 0 spiro atoms. The number of rotatable bonds is 4. The third kappa shape index (κ3) is 3.73. The van der Waals surface area contributed by atoms with E-state index in [0.29, 0.717) is 15.3 Å². The monoisotopic (exact) mass is 338 g/mol. The molecule has 2 aromatic carbocycles. The summed E-state index contributed by atoms with van der Waals surface area (Å²) in [5, 5.41) is 15.0. The minimum atomic E-state index is -0.337. The van der Waals surface area contributed by atoms with Gasteiger partial charge in [0.25, 0.3) is 5.91 Å². The van der Waals surface area contributed by atoms with Gasteiger partial charge in [0.1, 0.15) is 5.56 Å². The van der Waals surface area contributed by atoms with Gasteiger partial charge in [-0.05, 0) is 29.3 Å². The number of nitrogens with zero attached hydrogens (tertiary/aromatic N) is 1. The van der Waals surface area contributed by atoms with Crippen LogP contribution in [0.2, 0.25) is 5.02 Å². The summed E-state index contributed by atoms with van der Waals surface area (Å²) < 4.78 is 0.606. The largest absolute Gasteiger partial charge is 0.619 e. The van der Waals surface area contributed by atoms with Crippen LogP contribution in [0, 0.1) is 5.21 Å². The summed E-state index contributed by atoms with van der Waals surface area (Å²) >= 11 is 5.96. The summed E-state index contributed by atoms with van der Waals surface area (Å²) in [5.41, 5.74) is 2.16. The van der Waals surface area contributed by atoms with Gasteiger partial charge < -0.3 is 10.5 Å². The Morgan fingerprint density at radius 2 is 1.62 bits per heavy atom. The van der Waals surface area contributed by atoms with Crippen molar-refractivity contribution in [3.05, 3.63) is 106 Å². The molecule has 1 amide bonds. The molecule has 0 saturated carbocycles. The SMILES string of the molecule is O=C(N[C@H](c1ccccc1)c1ccc(Cl)cc1)c1ccc[n+]([O-])c1. The van der Waals surface area contributed by atoms with Crippen LogP contribution in [-0.2, 0) is 0 Å². The molecule has 1 aromatic heterocycles. The fourth-order valence-corrected chi connectivity index (χ4v) is 2.59. The van der Waals surface area contributed by atoms with Crippen LogP contribution < -0.4 is 10.0 Å². The molecule has 1 heterocycles. The van der Waals surface area contributed by atoms with Gasteiger partial charge in [0.2, 0.25) is 0 Å². The number of hydrogen-bond acceptors (Lipinski definition) is 2. The van der Waals surface area contributed by atoms with Gasteiger partial charge in [0.15, 0.2) is 12.4 Å². The van der Waals surface area contributed by atoms with E-state index in [1.165, 1.54) is 12.4 Å². The second-order valence-corrected chi connectivity index (χ2v) is 5.76. The lowest BCUT2D eigenvalue weighted by Crippen LogP contribution is -2.32.